The second-order valence-corrected chi connectivity index (χ2v) is 3.35. The van der Waals surface area contributed by atoms with Crippen molar-refractivity contribution in [3.63, 3.8) is 0 Å². The van der Waals surface area contributed by atoms with Crippen LogP contribution in [0.25, 0.3) is 0 Å². The predicted molar refractivity (Wildman–Crippen MR) is 61.6 cm³/mol. The minimum absolute atomic E-state index is 0.989. The molecule has 0 N–H and O–H groups in total. The minimum Gasteiger partial charge on any atom is -0.0911 e. The predicted octanol–water partition coefficient (Wildman–Crippen LogP) is 3.69. The lowest BCUT2D eigenvalue weighted by Gasteiger charge is -2.01. The molecular weight excluding hydrogens is 168 g/mol. The Labute approximate surface area is 85.3 Å². The Morgan fingerprint density at radius 2 is 1.79 bits per heavy atom. The largest absolute Gasteiger partial charge is 0.0911 e. The summed E-state index contributed by atoms with van der Waals surface area (Å²) in [4.78, 5) is 0. The van der Waals surface area contributed by atoms with Gasteiger partial charge in [-0.25, -0.2) is 0 Å². The van der Waals surface area contributed by atoms with Gasteiger partial charge in [-0.05, 0) is 23.1 Å². The Kier molecular flexibility index (Phi) is 2.64. The fourth-order valence-corrected chi connectivity index (χ4v) is 1.35. The highest BCUT2D eigenvalue weighted by molar-refractivity contribution is 5.64. The standard InChI is InChI=1S/C14H13/c1-12-8-6-4-2-3-5-7-9-14(12)13-10-11-13/h2,4-11H,1,3H2/b4-2-,7-5-,8-6-,14-9+. The highest BCUT2D eigenvalue weighted by Gasteiger charge is 2.14. The van der Waals surface area contributed by atoms with E-state index in [4.69, 9.17) is 0 Å². The topological polar surface area (TPSA) is 0 Å². The van der Waals surface area contributed by atoms with Crippen LogP contribution in [0.4, 0.5) is 0 Å². The Balaban J connectivity index is 2.25. The van der Waals surface area contributed by atoms with Crippen LogP contribution in [-0.4, -0.2) is 0 Å². The average Bonchev–Trinajstić information content (AvgIpc) is 2.99. The van der Waals surface area contributed by atoms with Crippen LogP contribution in [0.2, 0.25) is 0 Å². The summed E-state index contributed by atoms with van der Waals surface area (Å²) in [7, 11) is 0. The van der Waals surface area contributed by atoms with Gasteiger partial charge in [-0.15, -0.1) is 0 Å². The van der Waals surface area contributed by atoms with Crippen LogP contribution in [0.3, 0.4) is 0 Å². The molecule has 0 nitrogen and oxygen atoms in total. The number of hydrogen-bond acceptors (Lipinski definition) is 0. The molecule has 0 bridgehead atoms. The summed E-state index contributed by atoms with van der Waals surface area (Å²) >= 11 is 0. The molecule has 0 unspecified atom stereocenters. The summed E-state index contributed by atoms with van der Waals surface area (Å²) in [6.07, 6.45) is 19.9. The second-order valence-electron chi connectivity index (χ2n) is 3.35. The molecule has 0 aliphatic heterocycles. The van der Waals surface area contributed by atoms with Crippen molar-refractivity contribution in [1.29, 1.82) is 0 Å². The third-order valence-electron chi connectivity index (χ3n) is 2.21. The molecular formula is C14H13. The molecule has 2 rings (SSSR count). The summed E-state index contributed by atoms with van der Waals surface area (Å²) in [6.45, 7) is 4.05. The molecule has 0 aromatic rings. The van der Waals surface area contributed by atoms with Crippen molar-refractivity contribution in [2.75, 3.05) is 0 Å². The molecule has 0 saturated carbocycles. The van der Waals surface area contributed by atoms with E-state index < -0.39 is 0 Å². The first-order chi connectivity index (χ1) is 6.88. The van der Waals surface area contributed by atoms with E-state index in [-0.39, 0.29) is 0 Å². The molecule has 0 aromatic heterocycles. The maximum Gasteiger partial charge on any atom is 0.0131 e. The van der Waals surface area contributed by atoms with Gasteiger partial charge in [0.1, 0.15) is 0 Å². The molecule has 69 valence electrons. The van der Waals surface area contributed by atoms with E-state index in [0.29, 0.717) is 0 Å². The van der Waals surface area contributed by atoms with E-state index in [9.17, 15) is 0 Å². The van der Waals surface area contributed by atoms with Crippen molar-refractivity contribution in [2.24, 2.45) is 0 Å². The number of hydrogen-bond donors (Lipinski definition) is 0. The summed E-state index contributed by atoms with van der Waals surface area (Å²) in [5, 5.41) is 0. The van der Waals surface area contributed by atoms with E-state index >= 15 is 0 Å². The van der Waals surface area contributed by atoms with Gasteiger partial charge in [0.15, 0.2) is 0 Å². The second kappa shape index (κ2) is 4.10. The Hall–Kier alpha value is -1.56. The van der Waals surface area contributed by atoms with Gasteiger partial charge in [-0.1, -0.05) is 55.2 Å². The Bertz CT molecular complexity index is 384. The van der Waals surface area contributed by atoms with Gasteiger partial charge in [-0.2, -0.15) is 0 Å². The van der Waals surface area contributed by atoms with Crippen LogP contribution in [-0.2, 0) is 0 Å². The van der Waals surface area contributed by atoms with Crippen molar-refractivity contribution in [3.05, 3.63) is 78.3 Å². The van der Waals surface area contributed by atoms with Crippen LogP contribution in [0.5, 0.6) is 0 Å². The highest BCUT2D eigenvalue weighted by atomic mass is 14.2. The molecule has 1 radical (unpaired) electrons. The van der Waals surface area contributed by atoms with Gasteiger partial charge in [0.25, 0.3) is 0 Å². The van der Waals surface area contributed by atoms with Gasteiger partial charge in [0.2, 0.25) is 0 Å². The SMILES string of the molecule is C=C1/C=C\C=C/C/C=C\C=C/1C1=C[CH]1. The molecule has 0 fully saturated rings. The van der Waals surface area contributed by atoms with E-state index in [2.05, 4.69) is 55.5 Å². The van der Waals surface area contributed by atoms with Crippen molar-refractivity contribution in [3.8, 4) is 0 Å². The summed E-state index contributed by atoms with van der Waals surface area (Å²) in [5.41, 5.74) is 3.60. The van der Waals surface area contributed by atoms with Gasteiger partial charge in [0.05, 0.1) is 0 Å². The first-order valence-corrected chi connectivity index (χ1v) is 4.82. The molecule has 0 amide bonds. The molecule has 0 atom stereocenters. The Morgan fingerprint density at radius 1 is 1.00 bits per heavy atom. The molecule has 2 aliphatic rings. The molecule has 0 heteroatoms. The van der Waals surface area contributed by atoms with Gasteiger partial charge < -0.3 is 0 Å². The zero-order valence-corrected chi connectivity index (χ0v) is 8.11. The van der Waals surface area contributed by atoms with Crippen LogP contribution >= 0.6 is 0 Å². The minimum atomic E-state index is 0.989. The summed E-state index contributed by atoms with van der Waals surface area (Å²) in [6, 6.07) is 0. The number of allylic oxidation sites excluding steroid dienone is 11. The normalized spacial score (nSPS) is 31.0. The van der Waals surface area contributed by atoms with Crippen molar-refractivity contribution in [2.45, 2.75) is 6.42 Å². The lowest BCUT2D eigenvalue weighted by molar-refractivity contribution is 1.38. The lowest BCUT2D eigenvalue weighted by atomic mass is 10.0. The maximum absolute atomic E-state index is 4.05. The van der Waals surface area contributed by atoms with Crippen molar-refractivity contribution >= 4 is 0 Å². The van der Waals surface area contributed by atoms with Crippen LogP contribution in [0.1, 0.15) is 6.42 Å². The average molecular weight is 181 g/mol. The third kappa shape index (κ3) is 2.23. The van der Waals surface area contributed by atoms with Crippen LogP contribution in [0, 0.1) is 6.42 Å². The van der Waals surface area contributed by atoms with E-state index in [1.807, 2.05) is 6.08 Å². The molecule has 2 aliphatic carbocycles. The van der Waals surface area contributed by atoms with Gasteiger partial charge in [-0.3, -0.25) is 0 Å². The zero-order chi connectivity index (χ0) is 9.80. The quantitative estimate of drug-likeness (QED) is 0.578. The fraction of sp³-hybridized carbons (Fsp3) is 0.0714. The zero-order valence-electron chi connectivity index (χ0n) is 8.11. The smallest absolute Gasteiger partial charge is 0.0131 e. The van der Waals surface area contributed by atoms with Crippen molar-refractivity contribution in [1.82, 2.24) is 0 Å². The van der Waals surface area contributed by atoms with Crippen LogP contribution in [0.15, 0.2) is 71.9 Å². The molecule has 0 aromatic carbocycles. The van der Waals surface area contributed by atoms with Gasteiger partial charge >= 0.3 is 0 Å². The molecule has 0 spiro atoms. The summed E-state index contributed by atoms with van der Waals surface area (Å²) < 4.78 is 0. The van der Waals surface area contributed by atoms with E-state index in [1.54, 1.807) is 0 Å². The van der Waals surface area contributed by atoms with E-state index in [1.165, 1.54) is 11.1 Å². The van der Waals surface area contributed by atoms with Crippen molar-refractivity contribution < 1.29 is 0 Å². The Morgan fingerprint density at radius 3 is 2.57 bits per heavy atom. The first kappa shape index (κ1) is 9.01. The monoisotopic (exact) mass is 181 g/mol. The maximum atomic E-state index is 4.05. The fourth-order valence-electron chi connectivity index (χ4n) is 1.35. The van der Waals surface area contributed by atoms with E-state index in [0.717, 1.165) is 12.0 Å². The first-order valence-electron chi connectivity index (χ1n) is 4.82. The summed E-state index contributed by atoms with van der Waals surface area (Å²) in [5.74, 6) is 0. The lowest BCUT2D eigenvalue weighted by Crippen LogP contribution is -1.83. The number of rotatable bonds is 1. The van der Waals surface area contributed by atoms with Gasteiger partial charge in [0, 0.05) is 6.42 Å². The molecule has 14 heavy (non-hydrogen) atoms. The van der Waals surface area contributed by atoms with Crippen LogP contribution < -0.4 is 0 Å². The third-order valence-corrected chi connectivity index (χ3v) is 2.21. The molecule has 0 saturated heterocycles. The molecule has 0 heterocycles. The highest BCUT2D eigenvalue weighted by Crippen LogP contribution is 2.31.